The van der Waals surface area contributed by atoms with Crippen molar-refractivity contribution in [1.29, 1.82) is 0 Å². The third kappa shape index (κ3) is 3.08. The number of likely N-dealkylation sites (N-methyl/N-ethyl adjacent to an activating group) is 1. The van der Waals surface area contributed by atoms with Crippen molar-refractivity contribution in [3.63, 3.8) is 0 Å². The molecule has 0 aliphatic carbocycles. The standard InChI is InChI=1S/C13H19N3O3.ClH/c1-15(2)5-6-16-10-8-12(19-4)11(18-3)7-9(10)14-13(16)17;/h7-8H,5-6H2,1-4H3,(H,14,17);1H. The Bertz CT molecular complexity index is 634. The number of methoxy groups -OCH3 is 2. The zero-order chi connectivity index (χ0) is 14.0. The lowest BCUT2D eigenvalue weighted by molar-refractivity contribution is 0.355. The van der Waals surface area contributed by atoms with Gasteiger partial charge in [0.15, 0.2) is 11.5 Å². The molecule has 112 valence electrons. The van der Waals surface area contributed by atoms with Gasteiger partial charge in [0.25, 0.3) is 0 Å². The Morgan fingerprint density at radius 3 is 2.35 bits per heavy atom. The highest BCUT2D eigenvalue weighted by molar-refractivity contribution is 5.85. The minimum absolute atomic E-state index is 0. The van der Waals surface area contributed by atoms with E-state index in [-0.39, 0.29) is 18.1 Å². The molecular weight excluding hydrogens is 282 g/mol. The largest absolute Gasteiger partial charge is 0.493 e. The summed E-state index contributed by atoms with van der Waals surface area (Å²) in [5.74, 6) is 1.23. The molecule has 1 heterocycles. The van der Waals surface area contributed by atoms with Crippen LogP contribution in [0.25, 0.3) is 11.0 Å². The van der Waals surface area contributed by atoms with Crippen LogP contribution in [0, 0.1) is 0 Å². The zero-order valence-electron chi connectivity index (χ0n) is 12.1. The minimum Gasteiger partial charge on any atom is -0.493 e. The molecule has 0 saturated heterocycles. The van der Waals surface area contributed by atoms with Crippen molar-refractivity contribution in [2.45, 2.75) is 6.54 Å². The van der Waals surface area contributed by atoms with E-state index in [1.54, 1.807) is 24.9 Å². The normalized spacial score (nSPS) is 10.7. The molecule has 0 amide bonds. The van der Waals surface area contributed by atoms with E-state index in [0.29, 0.717) is 18.0 Å². The number of ether oxygens (including phenoxy) is 2. The van der Waals surface area contributed by atoms with Crippen LogP contribution in [0.1, 0.15) is 0 Å². The van der Waals surface area contributed by atoms with Gasteiger partial charge in [0.2, 0.25) is 0 Å². The van der Waals surface area contributed by atoms with Gasteiger partial charge < -0.3 is 19.4 Å². The van der Waals surface area contributed by atoms with Crippen molar-refractivity contribution in [3.05, 3.63) is 22.6 Å². The van der Waals surface area contributed by atoms with Crippen LogP contribution in [0.4, 0.5) is 0 Å². The molecule has 0 saturated carbocycles. The highest BCUT2D eigenvalue weighted by Crippen LogP contribution is 2.30. The Hall–Kier alpha value is -1.66. The van der Waals surface area contributed by atoms with Crippen LogP contribution in [0.5, 0.6) is 11.5 Å². The van der Waals surface area contributed by atoms with Crippen LogP contribution in [-0.4, -0.2) is 49.3 Å². The number of hydrogen-bond donors (Lipinski definition) is 1. The molecule has 2 aromatic rings. The van der Waals surface area contributed by atoms with Gasteiger partial charge in [-0.15, -0.1) is 12.4 Å². The average Bonchev–Trinajstić information content (AvgIpc) is 2.69. The Labute approximate surface area is 123 Å². The Kier molecular flexibility index (Phi) is 5.47. The summed E-state index contributed by atoms with van der Waals surface area (Å²) in [6.45, 7) is 1.42. The van der Waals surface area contributed by atoms with Crippen LogP contribution in [0.3, 0.4) is 0 Å². The molecule has 0 unspecified atom stereocenters. The summed E-state index contributed by atoms with van der Waals surface area (Å²) in [7, 11) is 7.11. The third-order valence-electron chi connectivity index (χ3n) is 3.05. The summed E-state index contributed by atoms with van der Waals surface area (Å²) >= 11 is 0. The molecule has 1 N–H and O–H groups in total. The van der Waals surface area contributed by atoms with Crippen LogP contribution in [0.15, 0.2) is 16.9 Å². The third-order valence-corrected chi connectivity index (χ3v) is 3.05. The number of halogens is 1. The monoisotopic (exact) mass is 301 g/mol. The van der Waals surface area contributed by atoms with E-state index in [1.165, 1.54) is 0 Å². The summed E-state index contributed by atoms with van der Waals surface area (Å²) in [5.41, 5.74) is 1.46. The van der Waals surface area contributed by atoms with Crippen molar-refractivity contribution in [2.75, 3.05) is 34.9 Å². The molecule has 0 spiro atoms. The fourth-order valence-electron chi connectivity index (χ4n) is 2.01. The topological polar surface area (TPSA) is 59.5 Å². The van der Waals surface area contributed by atoms with Crippen molar-refractivity contribution in [3.8, 4) is 11.5 Å². The zero-order valence-corrected chi connectivity index (χ0v) is 12.9. The second-order valence-corrected chi connectivity index (χ2v) is 4.61. The maximum absolute atomic E-state index is 12.0. The number of hydrogen-bond acceptors (Lipinski definition) is 4. The number of nitrogens with one attached hydrogen (secondary N) is 1. The van der Waals surface area contributed by atoms with E-state index >= 15 is 0 Å². The lowest BCUT2D eigenvalue weighted by Gasteiger charge is -2.11. The van der Waals surface area contributed by atoms with Crippen molar-refractivity contribution in [1.82, 2.24) is 14.5 Å². The van der Waals surface area contributed by atoms with Crippen molar-refractivity contribution < 1.29 is 9.47 Å². The van der Waals surface area contributed by atoms with Crippen molar-refractivity contribution in [2.24, 2.45) is 0 Å². The Morgan fingerprint density at radius 2 is 1.80 bits per heavy atom. The lowest BCUT2D eigenvalue weighted by Crippen LogP contribution is -2.24. The predicted molar refractivity (Wildman–Crippen MR) is 81.5 cm³/mol. The van der Waals surface area contributed by atoms with Gasteiger partial charge in [-0.1, -0.05) is 0 Å². The SMILES string of the molecule is COc1cc2[nH]c(=O)n(CCN(C)C)c2cc1OC.Cl. The molecule has 2 rings (SSSR count). The maximum atomic E-state index is 12.0. The molecule has 6 nitrogen and oxygen atoms in total. The second kappa shape index (κ2) is 6.67. The predicted octanol–water partition coefficient (Wildman–Crippen LogP) is 1.33. The molecule has 0 fully saturated rings. The molecule has 7 heteroatoms. The molecule has 20 heavy (non-hydrogen) atoms. The van der Waals surface area contributed by atoms with E-state index in [1.807, 2.05) is 25.1 Å². The Morgan fingerprint density at radius 1 is 1.20 bits per heavy atom. The van der Waals surface area contributed by atoms with E-state index in [4.69, 9.17) is 9.47 Å². The molecule has 1 aromatic heterocycles. The van der Waals surface area contributed by atoms with E-state index in [0.717, 1.165) is 17.6 Å². The van der Waals surface area contributed by atoms with Gasteiger partial charge in [-0.2, -0.15) is 0 Å². The number of rotatable bonds is 5. The average molecular weight is 302 g/mol. The highest BCUT2D eigenvalue weighted by Gasteiger charge is 2.12. The van der Waals surface area contributed by atoms with Crippen LogP contribution < -0.4 is 15.2 Å². The molecule has 0 radical (unpaired) electrons. The molecule has 0 bridgehead atoms. The molecule has 0 aliphatic heterocycles. The molecular formula is C13H20ClN3O3. The number of H-pyrrole nitrogens is 1. The lowest BCUT2D eigenvalue weighted by atomic mass is 10.2. The number of aromatic amines is 1. The van der Waals surface area contributed by atoms with Gasteiger partial charge >= 0.3 is 5.69 Å². The quantitative estimate of drug-likeness (QED) is 0.905. The van der Waals surface area contributed by atoms with Crippen LogP contribution in [-0.2, 0) is 6.54 Å². The number of aromatic nitrogens is 2. The van der Waals surface area contributed by atoms with E-state index in [9.17, 15) is 4.79 Å². The smallest absolute Gasteiger partial charge is 0.326 e. The summed E-state index contributed by atoms with van der Waals surface area (Å²) < 4.78 is 12.2. The highest BCUT2D eigenvalue weighted by atomic mass is 35.5. The van der Waals surface area contributed by atoms with Crippen molar-refractivity contribution >= 4 is 23.4 Å². The van der Waals surface area contributed by atoms with Gasteiger partial charge in [0.1, 0.15) is 0 Å². The van der Waals surface area contributed by atoms with Gasteiger partial charge in [-0.25, -0.2) is 4.79 Å². The van der Waals surface area contributed by atoms with Crippen LogP contribution >= 0.6 is 12.4 Å². The maximum Gasteiger partial charge on any atom is 0.326 e. The van der Waals surface area contributed by atoms with E-state index < -0.39 is 0 Å². The fraction of sp³-hybridized carbons (Fsp3) is 0.462. The molecule has 0 aliphatic rings. The first-order valence-corrected chi connectivity index (χ1v) is 6.06. The molecule has 1 aromatic carbocycles. The van der Waals surface area contributed by atoms with E-state index in [2.05, 4.69) is 4.98 Å². The summed E-state index contributed by atoms with van der Waals surface area (Å²) in [5, 5.41) is 0. The Balaban J connectivity index is 0.00000200. The minimum atomic E-state index is -0.118. The van der Waals surface area contributed by atoms with Gasteiger partial charge in [0, 0.05) is 25.2 Å². The molecule has 0 atom stereocenters. The first-order chi connectivity index (χ1) is 9.06. The first-order valence-electron chi connectivity index (χ1n) is 6.06. The van der Waals surface area contributed by atoms with Gasteiger partial charge in [0.05, 0.1) is 25.3 Å². The van der Waals surface area contributed by atoms with Gasteiger partial charge in [-0.05, 0) is 14.1 Å². The van der Waals surface area contributed by atoms with Crippen LogP contribution in [0.2, 0.25) is 0 Å². The number of nitrogens with zero attached hydrogens (tertiary/aromatic N) is 2. The summed E-state index contributed by atoms with van der Waals surface area (Å²) in [4.78, 5) is 16.8. The number of benzene rings is 1. The first kappa shape index (κ1) is 16.4. The summed E-state index contributed by atoms with van der Waals surface area (Å²) in [6.07, 6.45) is 0. The second-order valence-electron chi connectivity index (χ2n) is 4.61. The fourth-order valence-corrected chi connectivity index (χ4v) is 2.01. The van der Waals surface area contributed by atoms with Gasteiger partial charge in [-0.3, -0.25) is 4.57 Å². The number of fused-ring (bicyclic) bond motifs is 1. The number of imidazole rings is 1. The summed E-state index contributed by atoms with van der Waals surface area (Å²) in [6, 6.07) is 3.60.